The van der Waals surface area contributed by atoms with E-state index >= 15 is 0 Å². The van der Waals surface area contributed by atoms with Crippen molar-refractivity contribution in [1.29, 1.82) is 0 Å². The summed E-state index contributed by atoms with van der Waals surface area (Å²) in [4.78, 5) is 0. The molecule has 1 rings (SSSR count). The van der Waals surface area contributed by atoms with Crippen LogP contribution in [0.25, 0.3) is 0 Å². The predicted octanol–water partition coefficient (Wildman–Crippen LogP) is 2.04. The highest BCUT2D eigenvalue weighted by molar-refractivity contribution is 5.48. The Morgan fingerprint density at radius 2 is 2.25 bits per heavy atom. The van der Waals surface area contributed by atoms with Gasteiger partial charge in [-0.1, -0.05) is 17.9 Å². The Kier molecular flexibility index (Phi) is 5.38. The molecule has 0 spiro atoms. The second-order valence-electron chi connectivity index (χ2n) is 3.40. The highest BCUT2D eigenvalue weighted by Gasteiger charge is 2.01. The van der Waals surface area contributed by atoms with E-state index in [2.05, 4.69) is 11.8 Å². The Hall–Kier alpha value is -1.53. The van der Waals surface area contributed by atoms with E-state index in [1.165, 1.54) is 0 Å². The highest BCUT2D eigenvalue weighted by Crippen LogP contribution is 2.19. The molecule has 0 atom stereocenters. The first kappa shape index (κ1) is 12.5. The molecular formula is C13H16FNO. The van der Waals surface area contributed by atoms with Crippen molar-refractivity contribution < 1.29 is 9.13 Å². The molecule has 16 heavy (non-hydrogen) atoms. The van der Waals surface area contributed by atoms with Gasteiger partial charge in [-0.15, -0.1) is 0 Å². The molecule has 0 aliphatic carbocycles. The smallest absolute Gasteiger partial charge is 0.134 e. The maximum absolute atomic E-state index is 11.9. The van der Waals surface area contributed by atoms with E-state index < -0.39 is 0 Å². The molecule has 0 saturated heterocycles. The fourth-order valence-corrected chi connectivity index (χ4v) is 1.25. The summed E-state index contributed by atoms with van der Waals surface area (Å²) < 4.78 is 17.4. The molecule has 0 fully saturated rings. The Morgan fingerprint density at radius 3 is 2.94 bits per heavy atom. The van der Waals surface area contributed by atoms with Crippen LogP contribution in [0.2, 0.25) is 0 Å². The van der Waals surface area contributed by atoms with Crippen molar-refractivity contribution in [2.24, 2.45) is 5.73 Å². The normalized spacial score (nSPS) is 9.44. The zero-order valence-corrected chi connectivity index (χ0v) is 9.42. The van der Waals surface area contributed by atoms with Gasteiger partial charge < -0.3 is 10.5 Å². The zero-order valence-electron chi connectivity index (χ0n) is 9.42. The van der Waals surface area contributed by atoms with Crippen LogP contribution in [0, 0.1) is 18.8 Å². The van der Waals surface area contributed by atoms with Crippen LogP contribution in [0.3, 0.4) is 0 Å². The van der Waals surface area contributed by atoms with E-state index in [1.54, 1.807) is 0 Å². The molecule has 0 saturated carbocycles. The summed E-state index contributed by atoms with van der Waals surface area (Å²) in [5.74, 6) is 6.43. The van der Waals surface area contributed by atoms with Crippen LogP contribution in [0.1, 0.15) is 17.5 Å². The molecule has 0 radical (unpaired) electrons. The van der Waals surface area contributed by atoms with Crippen molar-refractivity contribution in [2.45, 2.75) is 13.3 Å². The average molecular weight is 221 g/mol. The van der Waals surface area contributed by atoms with Gasteiger partial charge in [0.1, 0.15) is 5.75 Å². The van der Waals surface area contributed by atoms with Gasteiger partial charge in [-0.3, -0.25) is 4.39 Å². The summed E-state index contributed by atoms with van der Waals surface area (Å²) >= 11 is 0. The van der Waals surface area contributed by atoms with Crippen LogP contribution < -0.4 is 10.5 Å². The Labute approximate surface area is 95.6 Å². The minimum Gasteiger partial charge on any atom is -0.492 e. The van der Waals surface area contributed by atoms with Crippen LogP contribution in [0.5, 0.6) is 5.75 Å². The summed E-state index contributed by atoms with van der Waals surface area (Å²) in [5, 5.41) is 0. The third kappa shape index (κ3) is 3.92. The van der Waals surface area contributed by atoms with E-state index in [0.29, 0.717) is 25.3 Å². The quantitative estimate of drug-likeness (QED) is 0.624. The van der Waals surface area contributed by atoms with Crippen LogP contribution in [-0.4, -0.2) is 19.8 Å². The van der Waals surface area contributed by atoms with Crippen molar-refractivity contribution in [3.8, 4) is 17.6 Å². The average Bonchev–Trinajstić information content (AvgIpc) is 2.29. The van der Waals surface area contributed by atoms with Crippen molar-refractivity contribution in [3.05, 3.63) is 29.3 Å². The summed E-state index contributed by atoms with van der Waals surface area (Å²) in [6.45, 7) is 2.31. The number of ether oxygens (including phenoxy) is 1. The van der Waals surface area contributed by atoms with Gasteiger partial charge in [0.15, 0.2) is 0 Å². The molecule has 0 amide bonds. The lowest BCUT2D eigenvalue weighted by Gasteiger charge is -2.07. The van der Waals surface area contributed by atoms with Crippen molar-refractivity contribution in [3.63, 3.8) is 0 Å². The first-order valence-electron chi connectivity index (χ1n) is 5.26. The second kappa shape index (κ2) is 6.86. The Bertz CT molecular complexity index is 393. The van der Waals surface area contributed by atoms with Gasteiger partial charge in [-0.2, -0.15) is 0 Å². The zero-order chi connectivity index (χ0) is 11.8. The van der Waals surface area contributed by atoms with Crippen molar-refractivity contribution in [1.82, 2.24) is 0 Å². The molecule has 1 aromatic carbocycles. The van der Waals surface area contributed by atoms with Crippen molar-refractivity contribution >= 4 is 0 Å². The fourth-order valence-electron chi connectivity index (χ4n) is 1.25. The van der Waals surface area contributed by atoms with Gasteiger partial charge in [0.25, 0.3) is 0 Å². The van der Waals surface area contributed by atoms with E-state index in [4.69, 9.17) is 10.5 Å². The summed E-state index contributed by atoms with van der Waals surface area (Å²) in [7, 11) is 0. The fraction of sp³-hybridized carbons (Fsp3) is 0.385. The van der Waals surface area contributed by atoms with E-state index in [9.17, 15) is 4.39 Å². The third-order valence-corrected chi connectivity index (χ3v) is 2.00. The van der Waals surface area contributed by atoms with E-state index in [1.807, 2.05) is 25.1 Å². The largest absolute Gasteiger partial charge is 0.492 e. The van der Waals surface area contributed by atoms with Gasteiger partial charge >= 0.3 is 0 Å². The second-order valence-corrected chi connectivity index (χ2v) is 3.40. The monoisotopic (exact) mass is 221 g/mol. The van der Waals surface area contributed by atoms with Crippen molar-refractivity contribution in [2.75, 3.05) is 19.8 Å². The molecule has 0 bridgehead atoms. The number of nitrogens with two attached hydrogens (primary N) is 1. The van der Waals surface area contributed by atoms with Crippen LogP contribution in [-0.2, 0) is 0 Å². The van der Waals surface area contributed by atoms with E-state index in [0.717, 1.165) is 11.1 Å². The molecule has 0 aliphatic rings. The predicted molar refractivity (Wildman–Crippen MR) is 63.2 cm³/mol. The number of halogens is 1. The van der Waals surface area contributed by atoms with Crippen LogP contribution in [0.15, 0.2) is 18.2 Å². The molecular weight excluding hydrogens is 205 g/mol. The maximum atomic E-state index is 11.9. The lowest BCUT2D eigenvalue weighted by molar-refractivity contribution is 0.289. The lowest BCUT2D eigenvalue weighted by atomic mass is 10.1. The van der Waals surface area contributed by atoms with Crippen LogP contribution >= 0.6 is 0 Å². The topological polar surface area (TPSA) is 35.2 Å². The molecule has 1 aromatic rings. The first-order valence-corrected chi connectivity index (χ1v) is 5.26. The molecule has 0 aliphatic heterocycles. The highest BCUT2D eigenvalue weighted by atomic mass is 19.1. The summed E-state index contributed by atoms with van der Waals surface area (Å²) in [6.07, 6.45) is 0.400. The minimum absolute atomic E-state index is 0.317. The molecule has 3 heteroatoms. The Morgan fingerprint density at radius 1 is 1.44 bits per heavy atom. The number of rotatable bonds is 4. The van der Waals surface area contributed by atoms with Gasteiger partial charge in [-0.25, -0.2) is 0 Å². The first-order chi connectivity index (χ1) is 7.77. The van der Waals surface area contributed by atoms with E-state index in [-0.39, 0.29) is 6.67 Å². The third-order valence-electron chi connectivity index (χ3n) is 2.00. The standard InChI is InChI=1S/C13H16FNO/c1-11-5-6-13(16-9-3-7-14)12(10-11)4-2-8-15/h5-6,10H,3,7-9,15H2,1H3. The number of hydrogen-bond donors (Lipinski definition) is 1. The van der Waals surface area contributed by atoms with Gasteiger partial charge in [-0.05, 0) is 24.6 Å². The Balaban J connectivity index is 2.80. The molecule has 0 unspecified atom stereocenters. The number of alkyl halides is 1. The summed E-state index contributed by atoms with van der Waals surface area (Å²) in [5.41, 5.74) is 7.24. The summed E-state index contributed by atoms with van der Waals surface area (Å²) in [6, 6.07) is 5.74. The molecule has 86 valence electrons. The SMILES string of the molecule is Cc1ccc(OCCCF)c(C#CCN)c1. The molecule has 2 nitrogen and oxygen atoms in total. The van der Waals surface area contributed by atoms with Gasteiger partial charge in [0, 0.05) is 6.42 Å². The molecule has 0 heterocycles. The molecule has 2 N–H and O–H groups in total. The minimum atomic E-state index is -0.365. The number of hydrogen-bond acceptors (Lipinski definition) is 2. The van der Waals surface area contributed by atoms with Crippen LogP contribution in [0.4, 0.5) is 4.39 Å². The number of aryl methyl sites for hydroxylation is 1. The lowest BCUT2D eigenvalue weighted by Crippen LogP contribution is -2.00. The van der Waals surface area contributed by atoms with Gasteiger partial charge in [0.2, 0.25) is 0 Å². The number of benzene rings is 1. The maximum Gasteiger partial charge on any atom is 0.134 e. The van der Waals surface area contributed by atoms with Gasteiger partial charge in [0.05, 0.1) is 25.4 Å². The molecule has 0 aromatic heterocycles.